The van der Waals surface area contributed by atoms with Crippen molar-refractivity contribution >= 4 is 29.6 Å². The molecule has 3 heterocycles. The lowest BCUT2D eigenvalue weighted by Crippen LogP contribution is -2.58. The van der Waals surface area contributed by atoms with Gasteiger partial charge in [-0.15, -0.1) is 0 Å². The summed E-state index contributed by atoms with van der Waals surface area (Å²) >= 11 is 0. The maximum atomic E-state index is 13.8. The van der Waals surface area contributed by atoms with E-state index in [4.69, 9.17) is 4.74 Å². The predicted molar refractivity (Wildman–Crippen MR) is 170 cm³/mol. The lowest BCUT2D eigenvalue weighted by molar-refractivity contribution is -0.145. The minimum absolute atomic E-state index is 0.0429. The van der Waals surface area contributed by atoms with Crippen LogP contribution in [-0.4, -0.2) is 72.3 Å². The van der Waals surface area contributed by atoms with Crippen molar-refractivity contribution in [1.82, 2.24) is 20.9 Å². The number of carbonyl (C=O) groups excluding carboxylic acids is 5. The number of esters is 1. The second-order valence-electron chi connectivity index (χ2n) is 12.8. The van der Waals surface area contributed by atoms with E-state index in [2.05, 4.69) is 16.0 Å². The Hall–Kier alpha value is -4.21. The average molecular weight is 619 g/mol. The topological polar surface area (TPSA) is 134 Å². The summed E-state index contributed by atoms with van der Waals surface area (Å²) in [6, 6.07) is 13.4. The highest BCUT2D eigenvalue weighted by Gasteiger charge is 2.37. The highest BCUT2D eigenvalue weighted by atomic mass is 16.5. The Kier molecular flexibility index (Phi) is 11.7. The quantitative estimate of drug-likeness (QED) is 0.349. The van der Waals surface area contributed by atoms with Crippen LogP contribution < -0.4 is 16.0 Å². The molecule has 2 aromatic carbocycles. The average Bonchev–Trinajstić information content (AvgIpc) is 3.51. The molecule has 1 saturated heterocycles. The molecule has 0 aromatic heterocycles. The molecule has 0 saturated carbocycles. The molecule has 3 aliphatic rings. The molecule has 1 fully saturated rings. The summed E-state index contributed by atoms with van der Waals surface area (Å²) in [5.74, 6) is -1.98. The molecule has 5 atom stereocenters. The molecular formula is C35H46N4O6. The number of hydrogen-bond acceptors (Lipinski definition) is 6. The summed E-state index contributed by atoms with van der Waals surface area (Å²) in [7, 11) is 1.27. The number of rotatable bonds is 5. The lowest BCUT2D eigenvalue weighted by Gasteiger charge is -2.29. The molecule has 45 heavy (non-hydrogen) atoms. The number of benzene rings is 2. The smallest absolute Gasteiger partial charge is 0.328 e. The van der Waals surface area contributed by atoms with Crippen LogP contribution in [0.15, 0.2) is 54.6 Å². The van der Waals surface area contributed by atoms with Gasteiger partial charge in [-0.05, 0) is 54.2 Å². The lowest BCUT2D eigenvalue weighted by atomic mass is 9.95. The Bertz CT molecular complexity index is 1350. The zero-order chi connectivity index (χ0) is 32.5. The van der Waals surface area contributed by atoms with E-state index in [1.165, 1.54) is 7.11 Å². The largest absolute Gasteiger partial charge is 0.467 e. The third kappa shape index (κ3) is 9.39. The monoisotopic (exact) mass is 618 g/mol. The van der Waals surface area contributed by atoms with Gasteiger partial charge in [0.2, 0.25) is 23.6 Å². The van der Waals surface area contributed by atoms with E-state index in [0.29, 0.717) is 38.6 Å². The maximum absolute atomic E-state index is 13.8. The van der Waals surface area contributed by atoms with Crippen molar-refractivity contribution in [2.75, 3.05) is 13.7 Å². The zero-order valence-corrected chi connectivity index (χ0v) is 26.7. The molecule has 242 valence electrons. The number of methoxy groups -OCH3 is 1. The number of nitrogens with zero attached hydrogens (tertiary/aromatic N) is 1. The SMILES string of the molecule is COC(=O)C1Cc2ccc(cc2)C[C@H](C)CC(=O)N2CCC[C@H]2C(=O)N[C@@H](CC(C)C)C(=O)N[C@@H](Cc2ccccc2)C(=O)N1. The van der Waals surface area contributed by atoms with E-state index in [1.54, 1.807) is 4.90 Å². The Balaban J connectivity index is 1.69. The van der Waals surface area contributed by atoms with Crippen LogP contribution in [0, 0.1) is 11.8 Å². The fourth-order valence-corrected chi connectivity index (χ4v) is 6.18. The Labute approximate surface area is 265 Å². The number of nitrogens with one attached hydrogen (secondary N) is 3. The molecule has 0 spiro atoms. The molecule has 3 aliphatic heterocycles. The molecule has 3 N–H and O–H groups in total. The summed E-state index contributed by atoms with van der Waals surface area (Å²) in [5, 5.41) is 8.58. The number of ether oxygens (including phenoxy) is 1. The van der Waals surface area contributed by atoms with Gasteiger partial charge in [0, 0.05) is 25.8 Å². The van der Waals surface area contributed by atoms with Gasteiger partial charge in [-0.1, -0.05) is 75.4 Å². The molecular weight excluding hydrogens is 572 g/mol. The minimum Gasteiger partial charge on any atom is -0.467 e. The van der Waals surface area contributed by atoms with E-state index in [9.17, 15) is 24.0 Å². The minimum atomic E-state index is -1.03. The molecule has 1 unspecified atom stereocenters. The number of fused-ring (bicyclic) bond motifs is 14. The third-order valence-corrected chi connectivity index (χ3v) is 8.50. The van der Waals surface area contributed by atoms with Gasteiger partial charge in [0.25, 0.3) is 0 Å². The number of carbonyl (C=O) groups is 5. The van der Waals surface area contributed by atoms with E-state index >= 15 is 0 Å². The molecule has 10 heteroatoms. The van der Waals surface area contributed by atoms with Crippen LogP contribution in [0.25, 0.3) is 0 Å². The highest BCUT2D eigenvalue weighted by Crippen LogP contribution is 2.22. The Morgan fingerprint density at radius 3 is 2.11 bits per heavy atom. The van der Waals surface area contributed by atoms with E-state index in [1.807, 2.05) is 75.4 Å². The molecule has 2 bridgehead atoms. The van der Waals surface area contributed by atoms with E-state index in [0.717, 1.165) is 16.7 Å². The highest BCUT2D eigenvalue weighted by molar-refractivity contribution is 5.95. The van der Waals surface area contributed by atoms with Crippen molar-refractivity contribution in [3.63, 3.8) is 0 Å². The Morgan fingerprint density at radius 1 is 0.844 bits per heavy atom. The fourth-order valence-electron chi connectivity index (χ4n) is 6.18. The summed E-state index contributed by atoms with van der Waals surface area (Å²) in [6.07, 6.45) is 2.92. The van der Waals surface area contributed by atoms with Crippen LogP contribution in [-0.2, 0) is 48.0 Å². The van der Waals surface area contributed by atoms with Gasteiger partial charge < -0.3 is 25.6 Å². The van der Waals surface area contributed by atoms with Gasteiger partial charge in [-0.3, -0.25) is 19.2 Å². The van der Waals surface area contributed by atoms with Crippen LogP contribution in [0.1, 0.15) is 63.1 Å². The van der Waals surface area contributed by atoms with Crippen LogP contribution >= 0.6 is 0 Å². The summed E-state index contributed by atoms with van der Waals surface area (Å²) in [5.41, 5.74) is 2.69. The van der Waals surface area contributed by atoms with Crippen molar-refractivity contribution < 1.29 is 28.7 Å². The Morgan fingerprint density at radius 2 is 1.47 bits per heavy atom. The maximum Gasteiger partial charge on any atom is 0.328 e. The molecule has 0 aliphatic carbocycles. The van der Waals surface area contributed by atoms with Gasteiger partial charge >= 0.3 is 5.97 Å². The fraction of sp³-hybridized carbons (Fsp3) is 0.514. The zero-order valence-electron chi connectivity index (χ0n) is 26.7. The summed E-state index contributed by atoms with van der Waals surface area (Å²) < 4.78 is 5.02. The second kappa shape index (κ2) is 15.7. The normalized spacial score (nSPS) is 25.3. The van der Waals surface area contributed by atoms with Crippen molar-refractivity contribution in [3.8, 4) is 0 Å². The van der Waals surface area contributed by atoms with Crippen molar-refractivity contribution in [2.45, 2.75) is 89.9 Å². The first kappa shape index (κ1) is 33.7. The molecule has 2 aromatic rings. The molecule has 4 amide bonds. The first-order chi connectivity index (χ1) is 21.5. The van der Waals surface area contributed by atoms with Crippen molar-refractivity contribution in [2.24, 2.45) is 11.8 Å². The van der Waals surface area contributed by atoms with Crippen LogP contribution in [0.4, 0.5) is 0 Å². The van der Waals surface area contributed by atoms with Gasteiger partial charge in [-0.25, -0.2) is 4.79 Å². The van der Waals surface area contributed by atoms with Crippen LogP contribution in [0.3, 0.4) is 0 Å². The van der Waals surface area contributed by atoms with Crippen LogP contribution in [0.5, 0.6) is 0 Å². The summed E-state index contributed by atoms with van der Waals surface area (Å²) in [6.45, 7) is 6.41. The first-order valence-electron chi connectivity index (χ1n) is 15.9. The first-order valence-corrected chi connectivity index (χ1v) is 15.9. The number of amides is 4. The van der Waals surface area contributed by atoms with E-state index < -0.39 is 42.0 Å². The molecule has 0 radical (unpaired) electrons. The van der Waals surface area contributed by atoms with Gasteiger partial charge in [-0.2, -0.15) is 0 Å². The number of hydrogen-bond donors (Lipinski definition) is 3. The third-order valence-electron chi connectivity index (χ3n) is 8.50. The van der Waals surface area contributed by atoms with Gasteiger partial charge in [0.1, 0.15) is 24.2 Å². The van der Waals surface area contributed by atoms with Gasteiger partial charge in [0.15, 0.2) is 0 Å². The van der Waals surface area contributed by atoms with Crippen molar-refractivity contribution in [3.05, 3.63) is 71.3 Å². The van der Waals surface area contributed by atoms with Crippen LogP contribution in [0.2, 0.25) is 0 Å². The molecule has 10 nitrogen and oxygen atoms in total. The summed E-state index contributed by atoms with van der Waals surface area (Å²) in [4.78, 5) is 69.0. The van der Waals surface area contributed by atoms with Gasteiger partial charge in [0.05, 0.1) is 7.11 Å². The second-order valence-corrected chi connectivity index (χ2v) is 12.8. The standard InChI is InChI=1S/C35H46N4O6/c1-22(2)17-27-32(41)36-28(20-24-9-6-5-7-10-24)33(42)38-29(35(44)45-4)21-26-14-12-25(13-15-26)18-23(3)19-31(40)39-16-8-11-30(39)34(43)37-27/h5-7,9-10,12-15,22-23,27-30H,8,11,16-21H2,1-4H3,(H,36,41)(H,37,43)(H,38,42)/t23-,27-,28-,29?,30-/m0/s1. The van der Waals surface area contributed by atoms with E-state index in [-0.39, 0.29) is 36.5 Å². The molecule has 5 rings (SSSR count). The van der Waals surface area contributed by atoms with Crippen molar-refractivity contribution in [1.29, 1.82) is 0 Å². The predicted octanol–water partition coefficient (Wildman–Crippen LogP) is 2.72.